The van der Waals surface area contributed by atoms with E-state index in [4.69, 9.17) is 12.6 Å². The van der Waals surface area contributed by atoms with Crippen LogP contribution in [0.15, 0.2) is 78.9 Å². The second-order valence-electron chi connectivity index (χ2n) is 10.9. The van der Waals surface area contributed by atoms with Crippen LogP contribution in [-0.4, -0.2) is 58.7 Å². The second-order valence-corrected chi connectivity index (χ2v) is 11.4. The molecule has 202 valence electrons. The van der Waals surface area contributed by atoms with Crippen LogP contribution in [0.3, 0.4) is 0 Å². The van der Waals surface area contributed by atoms with Crippen molar-refractivity contribution in [2.75, 3.05) is 26.2 Å². The first-order chi connectivity index (χ1) is 19.1. The van der Waals surface area contributed by atoms with Gasteiger partial charge in [-0.3, -0.25) is 29.6 Å². The molecular weight excluding hydrogens is 504 g/mol. The van der Waals surface area contributed by atoms with E-state index in [1.54, 1.807) is 0 Å². The maximum atomic E-state index is 12.5. The summed E-state index contributed by atoms with van der Waals surface area (Å²) in [6, 6.07) is 28.4. The van der Waals surface area contributed by atoms with Gasteiger partial charge in [-0.05, 0) is 47.2 Å². The molecule has 1 N–H and O–H groups in total. The standard InChI is InChI=1S/C32H36N4O2S/c37-29-15-14-28(31(38)33-29)36-22-26-13-12-23(20-27(26)32(36)39)21-34-16-7-17-35(19-18-34)30(24-8-3-1-4-9-24)25-10-5-2-6-11-25/h1-6,8-13,20,28,30,32,39H,7,14-19,21-22H2,(H,33,37,38). The summed E-state index contributed by atoms with van der Waals surface area (Å²) in [5.74, 6) is -0.377. The molecule has 0 aliphatic carbocycles. The average Bonchev–Trinajstić information content (AvgIpc) is 3.11. The summed E-state index contributed by atoms with van der Waals surface area (Å²) in [4.78, 5) is 31.4. The molecule has 2 amide bonds. The van der Waals surface area contributed by atoms with Crippen LogP contribution in [0, 0.1) is 0 Å². The van der Waals surface area contributed by atoms with E-state index in [1.807, 2.05) is 0 Å². The van der Waals surface area contributed by atoms with E-state index in [0.29, 0.717) is 19.4 Å². The zero-order chi connectivity index (χ0) is 26.8. The van der Waals surface area contributed by atoms with Gasteiger partial charge in [0.25, 0.3) is 0 Å². The van der Waals surface area contributed by atoms with E-state index in [9.17, 15) is 9.59 Å². The molecule has 0 saturated carbocycles. The molecule has 2 saturated heterocycles. The van der Waals surface area contributed by atoms with Crippen LogP contribution >= 0.6 is 12.6 Å². The summed E-state index contributed by atoms with van der Waals surface area (Å²) in [7, 11) is 0. The molecule has 6 rings (SSSR count). The monoisotopic (exact) mass is 540 g/mol. The number of carbonyl (C=O) groups excluding carboxylic acids is 2. The number of imide groups is 1. The van der Waals surface area contributed by atoms with Crippen LogP contribution in [0.4, 0.5) is 0 Å². The zero-order valence-corrected chi connectivity index (χ0v) is 23.1. The van der Waals surface area contributed by atoms with Crippen molar-refractivity contribution < 1.29 is 9.59 Å². The Kier molecular flexibility index (Phi) is 7.84. The molecule has 0 aromatic heterocycles. The minimum Gasteiger partial charge on any atom is -0.298 e. The number of nitrogens with zero attached hydrogens (tertiary/aromatic N) is 3. The Bertz CT molecular complexity index is 1280. The number of fused-ring (bicyclic) bond motifs is 1. The summed E-state index contributed by atoms with van der Waals surface area (Å²) in [6.07, 6.45) is 2.07. The lowest BCUT2D eigenvalue weighted by atomic mass is 9.97. The molecule has 7 heteroatoms. The quantitative estimate of drug-likeness (QED) is 0.355. The third-order valence-corrected chi connectivity index (χ3v) is 8.97. The fourth-order valence-electron chi connectivity index (χ4n) is 6.42. The lowest BCUT2D eigenvalue weighted by Crippen LogP contribution is -2.51. The van der Waals surface area contributed by atoms with Crippen LogP contribution in [0.2, 0.25) is 0 Å². The van der Waals surface area contributed by atoms with Crippen LogP contribution < -0.4 is 5.32 Å². The van der Waals surface area contributed by atoms with Gasteiger partial charge in [0.1, 0.15) is 0 Å². The first-order valence-electron chi connectivity index (χ1n) is 14.0. The van der Waals surface area contributed by atoms with Gasteiger partial charge in [-0.25, -0.2) is 0 Å². The Morgan fingerprint density at radius 2 is 1.59 bits per heavy atom. The predicted molar refractivity (Wildman–Crippen MR) is 156 cm³/mol. The fourth-order valence-corrected chi connectivity index (χ4v) is 6.90. The lowest BCUT2D eigenvalue weighted by Gasteiger charge is -2.32. The van der Waals surface area contributed by atoms with Gasteiger partial charge in [-0.15, -0.1) is 0 Å². The van der Waals surface area contributed by atoms with E-state index in [-0.39, 0.29) is 29.3 Å². The summed E-state index contributed by atoms with van der Waals surface area (Å²) in [6.45, 7) is 5.75. The second kappa shape index (κ2) is 11.6. The number of thiol groups is 1. The first kappa shape index (κ1) is 26.3. The summed E-state index contributed by atoms with van der Waals surface area (Å²) >= 11 is 4.91. The molecule has 3 aliphatic rings. The molecule has 3 heterocycles. The van der Waals surface area contributed by atoms with Crippen molar-refractivity contribution in [3.63, 3.8) is 0 Å². The zero-order valence-electron chi connectivity index (χ0n) is 22.2. The van der Waals surface area contributed by atoms with Crippen LogP contribution in [0.1, 0.15) is 58.5 Å². The molecule has 3 aliphatic heterocycles. The summed E-state index contributed by atoms with van der Waals surface area (Å²) in [5.41, 5.74) is 6.38. The van der Waals surface area contributed by atoms with E-state index in [0.717, 1.165) is 39.1 Å². The number of rotatable bonds is 6. The summed E-state index contributed by atoms with van der Waals surface area (Å²) in [5, 5.41) is 2.36. The van der Waals surface area contributed by atoms with Crippen molar-refractivity contribution >= 4 is 24.4 Å². The minimum atomic E-state index is -0.306. The van der Waals surface area contributed by atoms with Gasteiger partial charge in [0.05, 0.1) is 17.5 Å². The molecule has 3 aromatic carbocycles. The third-order valence-electron chi connectivity index (χ3n) is 8.39. The third kappa shape index (κ3) is 5.68. The molecule has 0 spiro atoms. The van der Waals surface area contributed by atoms with E-state index >= 15 is 0 Å². The number of hydrogen-bond donors (Lipinski definition) is 2. The van der Waals surface area contributed by atoms with Gasteiger partial charge in [0.15, 0.2) is 0 Å². The van der Waals surface area contributed by atoms with Gasteiger partial charge < -0.3 is 0 Å². The Balaban J connectivity index is 1.13. The highest BCUT2D eigenvalue weighted by Crippen LogP contribution is 2.40. The van der Waals surface area contributed by atoms with E-state index < -0.39 is 0 Å². The van der Waals surface area contributed by atoms with Gasteiger partial charge in [0, 0.05) is 39.1 Å². The normalized spacial score (nSPS) is 23.0. The predicted octanol–water partition coefficient (Wildman–Crippen LogP) is 4.53. The number of piperidine rings is 1. The Hall–Kier alpha value is -2.97. The van der Waals surface area contributed by atoms with Crippen molar-refractivity contribution in [2.45, 2.75) is 49.8 Å². The smallest absolute Gasteiger partial charge is 0.243 e. The average molecular weight is 541 g/mol. The molecule has 2 fully saturated rings. The first-order valence-corrected chi connectivity index (χ1v) is 14.5. The van der Waals surface area contributed by atoms with Crippen molar-refractivity contribution in [1.82, 2.24) is 20.0 Å². The van der Waals surface area contributed by atoms with Gasteiger partial charge in [-0.2, -0.15) is 12.6 Å². The molecule has 2 unspecified atom stereocenters. The van der Waals surface area contributed by atoms with Crippen molar-refractivity contribution in [2.24, 2.45) is 0 Å². The SMILES string of the molecule is O=C1CCC(N2Cc3ccc(CN4CCCN(C(c5ccccc5)c5ccccc5)CC4)cc3C2S)C(=O)N1. The maximum Gasteiger partial charge on any atom is 0.243 e. The number of amides is 2. The lowest BCUT2D eigenvalue weighted by molar-refractivity contribution is -0.137. The van der Waals surface area contributed by atoms with Crippen molar-refractivity contribution in [1.29, 1.82) is 0 Å². The molecule has 3 aromatic rings. The molecule has 2 atom stereocenters. The Morgan fingerprint density at radius 1 is 0.872 bits per heavy atom. The number of benzene rings is 3. The Morgan fingerprint density at radius 3 is 2.28 bits per heavy atom. The Labute approximate surface area is 236 Å². The fraction of sp³-hybridized carbons (Fsp3) is 0.375. The van der Waals surface area contributed by atoms with Crippen LogP contribution in [0.25, 0.3) is 0 Å². The molecule has 0 radical (unpaired) electrons. The molecule has 0 bridgehead atoms. The molecular formula is C32H36N4O2S. The minimum absolute atomic E-state index is 0.138. The van der Waals surface area contributed by atoms with E-state index in [2.05, 4.69) is 98.9 Å². The van der Waals surface area contributed by atoms with E-state index in [1.165, 1.54) is 27.8 Å². The molecule has 39 heavy (non-hydrogen) atoms. The van der Waals surface area contributed by atoms with Crippen LogP contribution in [0.5, 0.6) is 0 Å². The highest BCUT2D eigenvalue weighted by molar-refractivity contribution is 7.80. The summed E-state index contributed by atoms with van der Waals surface area (Å²) < 4.78 is 0. The van der Waals surface area contributed by atoms with Crippen LogP contribution in [-0.2, 0) is 22.7 Å². The number of nitrogens with one attached hydrogen (secondary N) is 1. The van der Waals surface area contributed by atoms with Crippen molar-refractivity contribution in [3.8, 4) is 0 Å². The largest absolute Gasteiger partial charge is 0.298 e. The van der Waals surface area contributed by atoms with Gasteiger partial charge in [0.2, 0.25) is 11.8 Å². The number of carbonyl (C=O) groups is 2. The molecule has 6 nitrogen and oxygen atoms in total. The van der Waals surface area contributed by atoms with Gasteiger partial charge in [-0.1, -0.05) is 78.9 Å². The number of hydrogen-bond acceptors (Lipinski definition) is 6. The van der Waals surface area contributed by atoms with Gasteiger partial charge >= 0.3 is 0 Å². The maximum absolute atomic E-state index is 12.5. The van der Waals surface area contributed by atoms with Crippen molar-refractivity contribution in [3.05, 3.63) is 107 Å². The highest BCUT2D eigenvalue weighted by atomic mass is 32.1. The topological polar surface area (TPSA) is 55.9 Å². The highest BCUT2D eigenvalue weighted by Gasteiger charge is 2.39.